The molecule has 1 aliphatic rings. The molecule has 1 aliphatic carbocycles. The van der Waals surface area contributed by atoms with Crippen LogP contribution in [0.1, 0.15) is 43.2 Å². The van der Waals surface area contributed by atoms with Gasteiger partial charge < -0.3 is 0 Å². The van der Waals surface area contributed by atoms with E-state index in [1.165, 1.54) is 43.2 Å². The van der Waals surface area contributed by atoms with Gasteiger partial charge in [-0.2, -0.15) is 0 Å². The smallest absolute Gasteiger partial charge is 0.0687 e. The highest BCUT2D eigenvalue weighted by Crippen LogP contribution is 2.24. The van der Waals surface area contributed by atoms with E-state index in [4.69, 9.17) is 0 Å². The standard InChI is InChI=1S/C16H21N/c1-13-7-6-8-14(2)16(13)17-12-11-15-9-4-3-5-10-15/h6-8,11-12H,3-5,9-10H2,1-2H3. The topological polar surface area (TPSA) is 12.4 Å². The summed E-state index contributed by atoms with van der Waals surface area (Å²) < 4.78 is 0. The second-order valence-electron chi connectivity index (χ2n) is 4.90. The Kier molecular flexibility index (Phi) is 4.13. The van der Waals surface area contributed by atoms with Crippen LogP contribution in [-0.4, -0.2) is 6.21 Å². The molecule has 17 heavy (non-hydrogen) atoms. The van der Waals surface area contributed by atoms with Gasteiger partial charge in [0.25, 0.3) is 0 Å². The maximum atomic E-state index is 4.60. The van der Waals surface area contributed by atoms with E-state index in [9.17, 15) is 0 Å². The molecule has 2 rings (SSSR count). The van der Waals surface area contributed by atoms with Crippen LogP contribution < -0.4 is 0 Å². The van der Waals surface area contributed by atoms with Gasteiger partial charge in [-0.1, -0.05) is 30.2 Å². The Balaban J connectivity index is 2.09. The molecule has 0 saturated heterocycles. The monoisotopic (exact) mass is 227 g/mol. The van der Waals surface area contributed by atoms with Gasteiger partial charge in [0.05, 0.1) is 5.69 Å². The zero-order valence-electron chi connectivity index (χ0n) is 10.9. The maximum absolute atomic E-state index is 4.60. The van der Waals surface area contributed by atoms with Gasteiger partial charge in [-0.25, -0.2) is 0 Å². The van der Waals surface area contributed by atoms with Crippen molar-refractivity contribution >= 4 is 11.9 Å². The molecule has 90 valence electrons. The van der Waals surface area contributed by atoms with E-state index in [0.29, 0.717) is 0 Å². The summed E-state index contributed by atoms with van der Waals surface area (Å²) in [4.78, 5) is 4.60. The van der Waals surface area contributed by atoms with E-state index in [-0.39, 0.29) is 0 Å². The minimum Gasteiger partial charge on any atom is -0.256 e. The van der Waals surface area contributed by atoms with Crippen molar-refractivity contribution in [2.24, 2.45) is 4.99 Å². The third kappa shape index (κ3) is 3.29. The fraction of sp³-hybridized carbons (Fsp3) is 0.438. The van der Waals surface area contributed by atoms with Gasteiger partial charge in [-0.05, 0) is 56.7 Å². The van der Waals surface area contributed by atoms with E-state index >= 15 is 0 Å². The molecule has 0 aromatic heterocycles. The second-order valence-corrected chi connectivity index (χ2v) is 4.90. The molecule has 1 nitrogen and oxygen atoms in total. The summed E-state index contributed by atoms with van der Waals surface area (Å²) in [6.45, 7) is 4.24. The Labute approximate surface area is 104 Å². The van der Waals surface area contributed by atoms with Crippen LogP contribution in [0.4, 0.5) is 5.69 Å². The van der Waals surface area contributed by atoms with Crippen LogP contribution in [0.3, 0.4) is 0 Å². The molecular weight excluding hydrogens is 206 g/mol. The summed E-state index contributed by atoms with van der Waals surface area (Å²) >= 11 is 0. The molecule has 0 unspecified atom stereocenters. The Morgan fingerprint density at radius 1 is 1.00 bits per heavy atom. The highest BCUT2D eigenvalue weighted by Gasteiger charge is 2.03. The SMILES string of the molecule is Cc1cccc(C)c1N=CC=C1CCCCC1. The Morgan fingerprint density at radius 3 is 2.29 bits per heavy atom. The number of benzene rings is 1. The molecule has 0 bridgehead atoms. The lowest BCUT2D eigenvalue weighted by Gasteiger charge is -2.12. The number of hydrogen-bond acceptors (Lipinski definition) is 1. The van der Waals surface area contributed by atoms with Crippen molar-refractivity contribution in [3.63, 3.8) is 0 Å². The second kappa shape index (κ2) is 5.81. The first kappa shape index (κ1) is 12.1. The molecule has 0 spiro atoms. The van der Waals surface area contributed by atoms with Crippen molar-refractivity contribution in [2.75, 3.05) is 0 Å². The summed E-state index contributed by atoms with van der Waals surface area (Å²) in [5, 5.41) is 0. The largest absolute Gasteiger partial charge is 0.256 e. The van der Waals surface area contributed by atoms with Gasteiger partial charge in [0, 0.05) is 6.21 Å². The molecule has 1 aromatic carbocycles. The van der Waals surface area contributed by atoms with E-state index in [0.717, 1.165) is 5.69 Å². The van der Waals surface area contributed by atoms with Crippen LogP contribution >= 0.6 is 0 Å². The van der Waals surface area contributed by atoms with Crippen LogP contribution in [-0.2, 0) is 0 Å². The molecule has 0 aliphatic heterocycles. The number of para-hydroxylation sites is 1. The van der Waals surface area contributed by atoms with E-state index in [1.807, 2.05) is 6.21 Å². The highest BCUT2D eigenvalue weighted by molar-refractivity contribution is 5.76. The summed E-state index contributed by atoms with van der Waals surface area (Å²) in [5.74, 6) is 0. The van der Waals surface area contributed by atoms with Crippen molar-refractivity contribution < 1.29 is 0 Å². The third-order valence-corrected chi connectivity index (χ3v) is 3.45. The molecule has 0 radical (unpaired) electrons. The lowest BCUT2D eigenvalue weighted by Crippen LogP contribution is -1.93. The first-order valence-electron chi connectivity index (χ1n) is 6.55. The lowest BCUT2D eigenvalue weighted by atomic mass is 9.95. The molecule has 0 N–H and O–H groups in total. The third-order valence-electron chi connectivity index (χ3n) is 3.45. The molecule has 1 fully saturated rings. The average molecular weight is 227 g/mol. The predicted octanol–water partition coefficient (Wildman–Crippen LogP) is 4.90. The zero-order chi connectivity index (χ0) is 12.1. The number of rotatable bonds is 2. The molecule has 1 aromatic rings. The number of nitrogens with zero attached hydrogens (tertiary/aromatic N) is 1. The minimum absolute atomic E-state index is 1.13. The first-order valence-corrected chi connectivity index (χ1v) is 6.55. The fourth-order valence-corrected chi connectivity index (χ4v) is 2.40. The van der Waals surface area contributed by atoms with Gasteiger partial charge in [0.15, 0.2) is 0 Å². The Morgan fingerprint density at radius 2 is 1.65 bits per heavy atom. The zero-order valence-corrected chi connectivity index (χ0v) is 10.9. The maximum Gasteiger partial charge on any atom is 0.0687 e. The summed E-state index contributed by atoms with van der Waals surface area (Å²) in [5.41, 5.74) is 5.19. The fourth-order valence-electron chi connectivity index (χ4n) is 2.40. The van der Waals surface area contributed by atoms with E-state index in [1.54, 1.807) is 5.57 Å². The summed E-state index contributed by atoms with van der Waals surface area (Å²) in [6.07, 6.45) is 10.8. The Bertz CT molecular complexity index is 413. The molecule has 0 amide bonds. The van der Waals surface area contributed by atoms with Gasteiger partial charge in [-0.15, -0.1) is 0 Å². The Hall–Kier alpha value is -1.37. The first-order chi connectivity index (χ1) is 8.27. The van der Waals surface area contributed by atoms with Crippen molar-refractivity contribution in [1.29, 1.82) is 0 Å². The molecule has 1 saturated carbocycles. The number of aryl methyl sites for hydroxylation is 2. The van der Waals surface area contributed by atoms with Crippen molar-refractivity contribution in [2.45, 2.75) is 46.0 Å². The van der Waals surface area contributed by atoms with Gasteiger partial charge in [0.2, 0.25) is 0 Å². The van der Waals surface area contributed by atoms with Crippen LogP contribution in [0.5, 0.6) is 0 Å². The quantitative estimate of drug-likeness (QED) is 0.637. The predicted molar refractivity (Wildman–Crippen MR) is 75.2 cm³/mol. The van der Waals surface area contributed by atoms with Gasteiger partial charge in [0.1, 0.15) is 0 Å². The minimum atomic E-state index is 1.13. The van der Waals surface area contributed by atoms with E-state index < -0.39 is 0 Å². The van der Waals surface area contributed by atoms with Gasteiger partial charge >= 0.3 is 0 Å². The van der Waals surface area contributed by atoms with Crippen LogP contribution in [0.2, 0.25) is 0 Å². The van der Waals surface area contributed by atoms with Crippen molar-refractivity contribution in [1.82, 2.24) is 0 Å². The molecule has 0 atom stereocenters. The summed E-state index contributed by atoms with van der Waals surface area (Å²) in [6, 6.07) is 6.32. The highest BCUT2D eigenvalue weighted by atomic mass is 14.7. The molecule has 1 heteroatoms. The lowest BCUT2D eigenvalue weighted by molar-refractivity contribution is 0.600. The van der Waals surface area contributed by atoms with E-state index in [2.05, 4.69) is 43.1 Å². The summed E-state index contributed by atoms with van der Waals surface area (Å²) in [7, 11) is 0. The number of hydrogen-bond donors (Lipinski definition) is 0. The van der Waals surface area contributed by atoms with Gasteiger partial charge in [-0.3, -0.25) is 4.99 Å². The van der Waals surface area contributed by atoms with Crippen molar-refractivity contribution in [3.8, 4) is 0 Å². The normalized spacial score (nSPS) is 16.5. The molecular formula is C16H21N. The van der Waals surface area contributed by atoms with Crippen molar-refractivity contribution in [3.05, 3.63) is 41.0 Å². The van der Waals surface area contributed by atoms with Crippen LogP contribution in [0, 0.1) is 13.8 Å². The molecule has 0 heterocycles. The number of aliphatic imine (C=N–C) groups is 1. The van der Waals surface area contributed by atoms with Crippen LogP contribution in [0.25, 0.3) is 0 Å². The number of allylic oxidation sites excluding steroid dienone is 2. The van der Waals surface area contributed by atoms with Crippen LogP contribution in [0.15, 0.2) is 34.8 Å². The average Bonchev–Trinajstić information content (AvgIpc) is 2.34.